The molecular weight excluding hydrogens is 292 g/mol. The van der Waals surface area contributed by atoms with E-state index in [2.05, 4.69) is 19.2 Å². The molecule has 0 bridgehead atoms. The quantitative estimate of drug-likeness (QED) is 0.871. The van der Waals surface area contributed by atoms with Gasteiger partial charge in [-0.05, 0) is 37.0 Å². The van der Waals surface area contributed by atoms with Crippen LogP contribution in [0, 0.1) is 5.92 Å². The molecule has 1 aliphatic rings. The number of aromatic carboxylic acids is 1. The highest BCUT2D eigenvalue weighted by atomic mass is 35.5. The molecule has 1 saturated carbocycles. The first kappa shape index (κ1) is 15.6. The smallest absolute Gasteiger partial charge is 0.337 e. The maximum absolute atomic E-state index is 12.3. The van der Waals surface area contributed by atoms with Gasteiger partial charge < -0.3 is 15.3 Å². The topological polar surface area (TPSA) is 69.6 Å². The molecule has 2 N–H and O–H groups in total. The Morgan fingerprint density at radius 2 is 2.10 bits per heavy atom. The molecule has 0 unspecified atom stereocenters. The zero-order chi connectivity index (χ0) is 15.6. The second-order valence-corrected chi connectivity index (χ2v) is 6.11. The Hall–Kier alpha value is -1.75. The van der Waals surface area contributed by atoms with Crippen molar-refractivity contribution in [3.05, 3.63) is 28.8 Å². The second kappa shape index (κ2) is 6.35. The lowest BCUT2D eigenvalue weighted by molar-refractivity contribution is 0.0697. The van der Waals surface area contributed by atoms with Crippen LogP contribution in [0.2, 0.25) is 5.02 Å². The van der Waals surface area contributed by atoms with Gasteiger partial charge in [0, 0.05) is 18.3 Å². The number of halogens is 1. The molecule has 0 saturated heterocycles. The Bertz CT molecular complexity index is 556. The highest BCUT2D eigenvalue weighted by molar-refractivity contribution is 6.33. The van der Waals surface area contributed by atoms with Crippen molar-refractivity contribution in [2.75, 3.05) is 11.9 Å². The van der Waals surface area contributed by atoms with Crippen LogP contribution in [0.25, 0.3) is 0 Å². The molecule has 1 fully saturated rings. The van der Waals surface area contributed by atoms with E-state index in [1.54, 1.807) is 6.07 Å². The molecule has 2 rings (SSSR count). The summed E-state index contributed by atoms with van der Waals surface area (Å²) in [5.74, 6) is -0.728. The molecule has 1 aliphatic carbocycles. The molecule has 1 aromatic rings. The first-order chi connectivity index (χ1) is 9.88. The molecule has 2 amide bonds. The van der Waals surface area contributed by atoms with Crippen molar-refractivity contribution < 1.29 is 14.7 Å². The summed E-state index contributed by atoms with van der Waals surface area (Å²) in [4.78, 5) is 25.2. The van der Waals surface area contributed by atoms with Crippen LogP contribution in [0.5, 0.6) is 0 Å². The number of hydrogen-bond donors (Lipinski definition) is 2. The third kappa shape index (κ3) is 4.11. The molecule has 0 atom stereocenters. The Labute approximate surface area is 128 Å². The van der Waals surface area contributed by atoms with E-state index in [-0.39, 0.29) is 16.6 Å². The van der Waals surface area contributed by atoms with E-state index in [9.17, 15) is 9.59 Å². The number of nitrogens with one attached hydrogen (secondary N) is 1. The second-order valence-electron chi connectivity index (χ2n) is 5.71. The fraction of sp³-hybridized carbons (Fsp3) is 0.467. The van der Waals surface area contributed by atoms with Gasteiger partial charge >= 0.3 is 12.0 Å². The highest BCUT2D eigenvalue weighted by Crippen LogP contribution is 2.28. The van der Waals surface area contributed by atoms with E-state index >= 15 is 0 Å². The molecule has 21 heavy (non-hydrogen) atoms. The SMILES string of the molecule is CC(C)CN(C(=O)Nc1ccc(Cl)c(C(=O)O)c1)C1CC1. The minimum Gasteiger partial charge on any atom is -0.478 e. The number of carbonyl (C=O) groups excluding carboxylic acids is 1. The predicted octanol–water partition coefficient (Wildman–Crippen LogP) is 3.69. The van der Waals surface area contributed by atoms with Gasteiger partial charge in [-0.3, -0.25) is 0 Å². The van der Waals surface area contributed by atoms with Crippen molar-refractivity contribution >= 4 is 29.3 Å². The van der Waals surface area contributed by atoms with E-state index in [1.165, 1.54) is 12.1 Å². The van der Waals surface area contributed by atoms with Gasteiger partial charge in [-0.15, -0.1) is 0 Å². The summed E-state index contributed by atoms with van der Waals surface area (Å²) in [6, 6.07) is 4.57. The lowest BCUT2D eigenvalue weighted by atomic mass is 10.2. The molecule has 0 aromatic heterocycles. The van der Waals surface area contributed by atoms with Gasteiger partial charge in [0.25, 0.3) is 0 Å². The van der Waals surface area contributed by atoms with E-state index in [4.69, 9.17) is 16.7 Å². The summed E-state index contributed by atoms with van der Waals surface area (Å²) in [5, 5.41) is 12.0. The average Bonchev–Trinajstić information content (AvgIpc) is 3.22. The average molecular weight is 311 g/mol. The van der Waals surface area contributed by atoms with Gasteiger partial charge in [0.15, 0.2) is 0 Å². The van der Waals surface area contributed by atoms with Crippen LogP contribution < -0.4 is 5.32 Å². The zero-order valence-electron chi connectivity index (χ0n) is 12.1. The molecule has 114 valence electrons. The molecular formula is C15H19ClN2O3. The predicted molar refractivity (Wildman–Crippen MR) is 82.0 cm³/mol. The summed E-state index contributed by atoms with van der Waals surface area (Å²) >= 11 is 5.82. The van der Waals surface area contributed by atoms with Crippen LogP contribution in [-0.2, 0) is 0 Å². The number of carbonyl (C=O) groups is 2. The van der Waals surface area contributed by atoms with Crippen molar-refractivity contribution in [2.24, 2.45) is 5.92 Å². The van der Waals surface area contributed by atoms with Crippen LogP contribution in [0.1, 0.15) is 37.0 Å². The van der Waals surface area contributed by atoms with Crippen molar-refractivity contribution in [3.8, 4) is 0 Å². The van der Waals surface area contributed by atoms with Crippen LogP contribution >= 0.6 is 11.6 Å². The summed E-state index contributed by atoms with van der Waals surface area (Å²) in [6.45, 7) is 4.82. The van der Waals surface area contributed by atoms with Crippen LogP contribution in [0.15, 0.2) is 18.2 Å². The summed E-state index contributed by atoms with van der Waals surface area (Å²) in [7, 11) is 0. The summed E-state index contributed by atoms with van der Waals surface area (Å²) in [6.07, 6.45) is 2.06. The number of carboxylic acids is 1. The van der Waals surface area contributed by atoms with E-state index < -0.39 is 5.97 Å². The number of rotatable bonds is 5. The molecule has 6 heteroatoms. The van der Waals surface area contributed by atoms with Gasteiger partial charge in [-0.1, -0.05) is 25.4 Å². The Morgan fingerprint density at radius 3 is 2.62 bits per heavy atom. The number of amides is 2. The number of hydrogen-bond acceptors (Lipinski definition) is 2. The third-order valence-electron chi connectivity index (χ3n) is 3.26. The highest BCUT2D eigenvalue weighted by Gasteiger charge is 2.32. The van der Waals surface area contributed by atoms with Gasteiger partial charge in [0.1, 0.15) is 0 Å². The van der Waals surface area contributed by atoms with Gasteiger partial charge in [0.2, 0.25) is 0 Å². The van der Waals surface area contributed by atoms with Crippen molar-refractivity contribution in [2.45, 2.75) is 32.7 Å². The van der Waals surface area contributed by atoms with E-state index in [0.29, 0.717) is 24.2 Å². The maximum Gasteiger partial charge on any atom is 0.337 e. The minimum atomic E-state index is -1.11. The van der Waals surface area contributed by atoms with Crippen LogP contribution in [0.4, 0.5) is 10.5 Å². The molecule has 5 nitrogen and oxygen atoms in total. The standard InChI is InChI=1S/C15H19ClN2O3/c1-9(2)8-18(11-4-5-11)15(21)17-10-3-6-13(16)12(7-10)14(19)20/h3,6-7,9,11H,4-5,8H2,1-2H3,(H,17,21)(H,19,20). The Morgan fingerprint density at radius 1 is 1.43 bits per heavy atom. The summed E-state index contributed by atoms with van der Waals surface area (Å²) < 4.78 is 0. The van der Waals surface area contributed by atoms with Crippen LogP contribution in [0.3, 0.4) is 0 Å². The molecule has 0 spiro atoms. The number of urea groups is 1. The number of anilines is 1. The Balaban J connectivity index is 2.11. The first-order valence-corrected chi connectivity index (χ1v) is 7.36. The van der Waals surface area contributed by atoms with E-state index in [1.807, 2.05) is 4.90 Å². The van der Waals surface area contributed by atoms with Crippen LogP contribution in [-0.4, -0.2) is 34.6 Å². The maximum atomic E-state index is 12.3. The Kier molecular flexibility index (Phi) is 4.73. The monoisotopic (exact) mass is 310 g/mol. The molecule has 1 aromatic carbocycles. The molecule has 0 radical (unpaired) electrons. The fourth-order valence-electron chi connectivity index (χ4n) is 2.14. The molecule has 0 aliphatic heterocycles. The van der Waals surface area contributed by atoms with Gasteiger partial charge in [-0.25, -0.2) is 9.59 Å². The van der Waals surface area contributed by atoms with Gasteiger partial charge in [-0.2, -0.15) is 0 Å². The number of nitrogens with zero attached hydrogens (tertiary/aromatic N) is 1. The fourth-order valence-corrected chi connectivity index (χ4v) is 2.34. The third-order valence-corrected chi connectivity index (χ3v) is 3.59. The lowest BCUT2D eigenvalue weighted by Crippen LogP contribution is -2.39. The zero-order valence-corrected chi connectivity index (χ0v) is 12.9. The first-order valence-electron chi connectivity index (χ1n) is 6.99. The normalized spacial score (nSPS) is 14.1. The minimum absolute atomic E-state index is 0.0173. The molecule has 0 heterocycles. The lowest BCUT2D eigenvalue weighted by Gasteiger charge is -2.24. The van der Waals surface area contributed by atoms with Crippen molar-refractivity contribution in [3.63, 3.8) is 0 Å². The summed E-state index contributed by atoms with van der Waals surface area (Å²) in [5.41, 5.74) is 0.424. The largest absolute Gasteiger partial charge is 0.478 e. The van der Waals surface area contributed by atoms with E-state index in [0.717, 1.165) is 12.8 Å². The van der Waals surface area contributed by atoms with Gasteiger partial charge in [0.05, 0.1) is 10.6 Å². The number of benzene rings is 1. The van der Waals surface area contributed by atoms with Crippen molar-refractivity contribution in [1.82, 2.24) is 4.90 Å². The van der Waals surface area contributed by atoms with Crippen molar-refractivity contribution in [1.29, 1.82) is 0 Å². The number of carboxylic acid groups (broad SMARTS) is 1.